The number of hydrogen-bond donors (Lipinski definition) is 0. The molecule has 0 fully saturated rings. The van der Waals surface area contributed by atoms with Gasteiger partial charge in [-0.25, -0.2) is 0 Å². The first-order valence-electron chi connectivity index (χ1n) is 5.00. The predicted molar refractivity (Wildman–Crippen MR) is 56.7 cm³/mol. The molecule has 0 radical (unpaired) electrons. The highest BCUT2D eigenvalue weighted by molar-refractivity contribution is 5.67. The minimum atomic E-state index is 0.0276. The lowest BCUT2D eigenvalue weighted by Gasteiger charge is -2.11. The summed E-state index contributed by atoms with van der Waals surface area (Å²) in [5, 5.41) is 0. The summed E-state index contributed by atoms with van der Waals surface area (Å²) < 4.78 is 10.4. The molecule has 1 aliphatic carbocycles. The van der Waals surface area contributed by atoms with Crippen molar-refractivity contribution in [1.82, 2.24) is 0 Å². The fourth-order valence-corrected chi connectivity index (χ4v) is 2.11. The van der Waals surface area contributed by atoms with Gasteiger partial charge in [-0.2, -0.15) is 0 Å². The molecule has 3 heteroatoms. The molecule has 1 aliphatic rings. The van der Waals surface area contributed by atoms with Gasteiger partial charge in [0.2, 0.25) is 0 Å². The van der Waals surface area contributed by atoms with Crippen LogP contribution in [-0.2, 0) is 11.2 Å². The first-order valence-corrected chi connectivity index (χ1v) is 5.00. The van der Waals surface area contributed by atoms with Gasteiger partial charge in [0.25, 0.3) is 0 Å². The molecule has 0 saturated carbocycles. The van der Waals surface area contributed by atoms with E-state index in [4.69, 9.17) is 9.47 Å². The van der Waals surface area contributed by atoms with Crippen LogP contribution in [0, 0.1) is 0 Å². The Balaban J connectivity index is 2.48. The maximum atomic E-state index is 10.9. The molecule has 1 atom stereocenters. The summed E-state index contributed by atoms with van der Waals surface area (Å²) in [6.45, 7) is 0. The molecule has 0 N–H and O–H groups in total. The van der Waals surface area contributed by atoms with Gasteiger partial charge in [-0.1, -0.05) is 0 Å². The van der Waals surface area contributed by atoms with Crippen molar-refractivity contribution in [3.63, 3.8) is 0 Å². The molecule has 1 unspecified atom stereocenters. The predicted octanol–water partition coefficient (Wildman–Crippen LogP) is 1.93. The highest BCUT2D eigenvalue weighted by atomic mass is 16.5. The fraction of sp³-hybridized carbons (Fsp3) is 0.417. The van der Waals surface area contributed by atoms with Gasteiger partial charge in [0.15, 0.2) is 11.5 Å². The zero-order valence-electron chi connectivity index (χ0n) is 8.95. The maximum Gasteiger partial charge on any atom is 0.161 e. The Bertz CT molecular complexity index is 385. The molecular formula is C12H14O3. The van der Waals surface area contributed by atoms with Crippen LogP contribution in [0.3, 0.4) is 0 Å². The second-order valence-corrected chi connectivity index (χ2v) is 3.69. The van der Waals surface area contributed by atoms with Crippen LogP contribution in [0.4, 0.5) is 0 Å². The molecule has 0 bridgehead atoms. The normalized spacial score (nSPS) is 18.4. The maximum absolute atomic E-state index is 10.9. The third-order valence-electron chi connectivity index (χ3n) is 2.93. The lowest BCUT2D eigenvalue weighted by Crippen LogP contribution is -1.97. The largest absolute Gasteiger partial charge is 0.493 e. The molecule has 1 aromatic carbocycles. The van der Waals surface area contributed by atoms with Crippen molar-refractivity contribution < 1.29 is 14.3 Å². The van der Waals surface area contributed by atoms with Gasteiger partial charge in [-0.05, 0) is 36.1 Å². The molecule has 0 aliphatic heterocycles. The van der Waals surface area contributed by atoms with Crippen molar-refractivity contribution in [1.29, 1.82) is 0 Å². The third-order valence-corrected chi connectivity index (χ3v) is 2.93. The third kappa shape index (κ3) is 1.58. The van der Waals surface area contributed by atoms with Crippen LogP contribution in [0.1, 0.15) is 23.5 Å². The van der Waals surface area contributed by atoms with Gasteiger partial charge in [-0.3, -0.25) is 0 Å². The number of methoxy groups -OCH3 is 2. The van der Waals surface area contributed by atoms with E-state index >= 15 is 0 Å². The van der Waals surface area contributed by atoms with Gasteiger partial charge < -0.3 is 14.3 Å². The molecule has 0 heterocycles. The number of carbonyl (C=O) groups excluding carboxylic acids is 1. The molecule has 1 aromatic rings. The van der Waals surface area contributed by atoms with Crippen LogP contribution in [0.2, 0.25) is 0 Å². The summed E-state index contributed by atoms with van der Waals surface area (Å²) in [6, 6.07) is 3.89. The van der Waals surface area contributed by atoms with Crippen molar-refractivity contribution in [2.24, 2.45) is 0 Å². The number of aryl methyl sites for hydroxylation is 1. The van der Waals surface area contributed by atoms with Crippen LogP contribution in [-0.4, -0.2) is 20.5 Å². The van der Waals surface area contributed by atoms with Crippen molar-refractivity contribution >= 4 is 6.29 Å². The molecule has 0 aromatic heterocycles. The zero-order chi connectivity index (χ0) is 10.8. The van der Waals surface area contributed by atoms with Gasteiger partial charge in [0, 0.05) is 5.92 Å². The monoisotopic (exact) mass is 206 g/mol. The number of carbonyl (C=O) groups is 1. The lowest BCUT2D eigenvalue weighted by atomic mass is 10.0. The second-order valence-electron chi connectivity index (χ2n) is 3.69. The van der Waals surface area contributed by atoms with Crippen molar-refractivity contribution in [3.05, 3.63) is 23.3 Å². The van der Waals surface area contributed by atoms with Crippen molar-refractivity contribution in [2.75, 3.05) is 14.2 Å². The molecule has 3 nitrogen and oxygen atoms in total. The van der Waals surface area contributed by atoms with E-state index < -0.39 is 0 Å². The van der Waals surface area contributed by atoms with E-state index in [-0.39, 0.29) is 5.92 Å². The topological polar surface area (TPSA) is 35.5 Å². The van der Waals surface area contributed by atoms with Gasteiger partial charge in [-0.15, -0.1) is 0 Å². The summed E-state index contributed by atoms with van der Waals surface area (Å²) in [5.41, 5.74) is 2.28. The molecule has 2 rings (SSSR count). The van der Waals surface area contributed by atoms with Crippen molar-refractivity contribution in [2.45, 2.75) is 18.8 Å². The van der Waals surface area contributed by atoms with Crippen LogP contribution >= 0.6 is 0 Å². The van der Waals surface area contributed by atoms with Crippen LogP contribution < -0.4 is 9.47 Å². The minimum absolute atomic E-state index is 0.0276. The first-order chi connectivity index (χ1) is 7.30. The van der Waals surface area contributed by atoms with E-state index in [1.165, 1.54) is 5.56 Å². The first kappa shape index (κ1) is 10.0. The standard InChI is InChI=1S/C12H14O3/c1-14-11-5-8-3-4-9(7-13)10(8)6-12(11)15-2/h5-7,9H,3-4H2,1-2H3. The Morgan fingerprint density at radius 3 is 2.53 bits per heavy atom. The van der Waals surface area contributed by atoms with E-state index in [1.807, 2.05) is 12.1 Å². The quantitative estimate of drug-likeness (QED) is 0.709. The number of aldehydes is 1. The lowest BCUT2D eigenvalue weighted by molar-refractivity contribution is -0.109. The van der Waals surface area contributed by atoms with E-state index in [0.29, 0.717) is 5.75 Å². The Morgan fingerprint density at radius 1 is 1.27 bits per heavy atom. The Hall–Kier alpha value is -1.51. The highest BCUT2D eigenvalue weighted by Gasteiger charge is 2.24. The van der Waals surface area contributed by atoms with Gasteiger partial charge in [0.05, 0.1) is 14.2 Å². The van der Waals surface area contributed by atoms with E-state index in [9.17, 15) is 4.79 Å². The number of rotatable bonds is 3. The smallest absolute Gasteiger partial charge is 0.161 e. The summed E-state index contributed by atoms with van der Waals surface area (Å²) >= 11 is 0. The summed E-state index contributed by atoms with van der Waals surface area (Å²) in [7, 11) is 3.23. The number of benzene rings is 1. The highest BCUT2D eigenvalue weighted by Crippen LogP contribution is 2.39. The van der Waals surface area contributed by atoms with Crippen LogP contribution in [0.25, 0.3) is 0 Å². The zero-order valence-corrected chi connectivity index (χ0v) is 8.95. The van der Waals surface area contributed by atoms with Gasteiger partial charge in [0.1, 0.15) is 6.29 Å². The van der Waals surface area contributed by atoms with E-state index in [1.54, 1.807) is 14.2 Å². The van der Waals surface area contributed by atoms with Crippen LogP contribution in [0.5, 0.6) is 11.5 Å². The summed E-state index contributed by atoms with van der Waals surface area (Å²) in [4.78, 5) is 10.9. The molecule has 80 valence electrons. The SMILES string of the molecule is COc1cc2c(cc1OC)C(C=O)CC2. The average molecular weight is 206 g/mol. The summed E-state index contributed by atoms with van der Waals surface area (Å²) in [5.74, 6) is 1.47. The van der Waals surface area contributed by atoms with Crippen LogP contribution in [0.15, 0.2) is 12.1 Å². The molecule has 0 saturated heterocycles. The molecule has 15 heavy (non-hydrogen) atoms. The molecule has 0 amide bonds. The van der Waals surface area contributed by atoms with E-state index in [0.717, 1.165) is 30.4 Å². The Kier molecular flexibility index (Phi) is 2.62. The average Bonchev–Trinajstić information content (AvgIpc) is 2.68. The Labute approximate surface area is 89.0 Å². The van der Waals surface area contributed by atoms with E-state index in [2.05, 4.69) is 0 Å². The molecule has 0 spiro atoms. The second kappa shape index (κ2) is 3.93. The number of fused-ring (bicyclic) bond motifs is 1. The summed E-state index contributed by atoms with van der Waals surface area (Å²) in [6.07, 6.45) is 2.85. The fourth-order valence-electron chi connectivity index (χ4n) is 2.11. The van der Waals surface area contributed by atoms with Gasteiger partial charge >= 0.3 is 0 Å². The number of ether oxygens (including phenoxy) is 2. The minimum Gasteiger partial charge on any atom is -0.493 e. The van der Waals surface area contributed by atoms with Crippen molar-refractivity contribution in [3.8, 4) is 11.5 Å². The Morgan fingerprint density at radius 2 is 1.93 bits per heavy atom. The number of hydrogen-bond acceptors (Lipinski definition) is 3. The molecular weight excluding hydrogens is 192 g/mol.